The molecule has 1 aliphatic rings. The zero-order chi connectivity index (χ0) is 18.1. The first kappa shape index (κ1) is 16.8. The van der Waals surface area contributed by atoms with E-state index >= 15 is 0 Å². The van der Waals surface area contributed by atoms with Gasteiger partial charge in [-0.1, -0.05) is 0 Å². The van der Waals surface area contributed by atoms with Crippen molar-refractivity contribution in [2.24, 2.45) is 7.05 Å². The van der Waals surface area contributed by atoms with Crippen LogP contribution in [0, 0.1) is 0 Å². The predicted octanol–water partition coefficient (Wildman–Crippen LogP) is 1.40. The molecular formula is C19H23N5O2. The van der Waals surface area contributed by atoms with Gasteiger partial charge in [0.25, 0.3) is 11.5 Å². The number of hydrogen-bond donors (Lipinski definition) is 1. The minimum atomic E-state index is -0.127. The van der Waals surface area contributed by atoms with Crippen LogP contribution in [0.3, 0.4) is 0 Å². The Morgan fingerprint density at radius 2 is 1.96 bits per heavy atom. The van der Waals surface area contributed by atoms with Crippen LogP contribution in [0.15, 0.2) is 35.3 Å². The fraction of sp³-hybridized carbons (Fsp3) is 0.421. The molecule has 1 aromatic carbocycles. The Labute approximate surface area is 151 Å². The maximum atomic E-state index is 12.5. The standard InChI is InChI=1S/C19H23N5O2/c1-22-17-13-14(18(25)20-8-4-12-23-10-2-3-11-23)5-6-15(17)24-16(19(22)26)7-9-21-24/h5-7,9,13H,2-4,8,10-12H2,1H3,(H,20,25). The van der Waals surface area contributed by atoms with E-state index < -0.39 is 0 Å². The summed E-state index contributed by atoms with van der Waals surface area (Å²) >= 11 is 0. The van der Waals surface area contributed by atoms with Crippen LogP contribution in [0.5, 0.6) is 0 Å². The van der Waals surface area contributed by atoms with Crippen molar-refractivity contribution < 1.29 is 4.79 Å². The molecule has 0 radical (unpaired) electrons. The van der Waals surface area contributed by atoms with Crippen LogP contribution in [-0.2, 0) is 7.05 Å². The van der Waals surface area contributed by atoms with Gasteiger partial charge in [0, 0.05) is 19.2 Å². The highest BCUT2D eigenvalue weighted by Gasteiger charge is 2.13. The number of nitrogens with zero attached hydrogens (tertiary/aromatic N) is 4. The molecule has 26 heavy (non-hydrogen) atoms. The fourth-order valence-corrected chi connectivity index (χ4v) is 3.66. The van der Waals surface area contributed by atoms with Gasteiger partial charge in [0.1, 0.15) is 5.52 Å². The largest absolute Gasteiger partial charge is 0.352 e. The molecule has 0 unspecified atom stereocenters. The minimum absolute atomic E-state index is 0.110. The Hall–Kier alpha value is -2.67. The third-order valence-corrected chi connectivity index (χ3v) is 5.13. The van der Waals surface area contributed by atoms with Crippen LogP contribution in [-0.4, -0.2) is 51.2 Å². The van der Waals surface area contributed by atoms with Gasteiger partial charge in [-0.05, 0) is 63.2 Å². The Kier molecular flexibility index (Phi) is 4.46. The number of aromatic nitrogens is 3. The second-order valence-corrected chi connectivity index (χ2v) is 6.85. The minimum Gasteiger partial charge on any atom is -0.352 e. The van der Waals surface area contributed by atoms with Crippen LogP contribution in [0.25, 0.3) is 16.6 Å². The normalized spacial score (nSPS) is 15.1. The maximum absolute atomic E-state index is 12.5. The van der Waals surface area contributed by atoms with Gasteiger partial charge in [0.15, 0.2) is 0 Å². The van der Waals surface area contributed by atoms with E-state index in [0.717, 1.165) is 18.5 Å². The number of carbonyl (C=O) groups excluding carboxylic acids is 1. The summed E-state index contributed by atoms with van der Waals surface area (Å²) in [5, 5.41) is 7.20. The van der Waals surface area contributed by atoms with Crippen molar-refractivity contribution >= 4 is 22.5 Å². The van der Waals surface area contributed by atoms with E-state index in [4.69, 9.17) is 0 Å². The van der Waals surface area contributed by atoms with Gasteiger partial charge in [-0.15, -0.1) is 0 Å². The lowest BCUT2D eigenvalue weighted by Gasteiger charge is -2.14. The molecule has 136 valence electrons. The highest BCUT2D eigenvalue weighted by Crippen LogP contribution is 2.15. The van der Waals surface area contributed by atoms with Crippen molar-refractivity contribution in [3.8, 4) is 0 Å². The fourth-order valence-electron chi connectivity index (χ4n) is 3.66. The number of hydrogen-bond acceptors (Lipinski definition) is 4. The SMILES string of the molecule is Cn1c(=O)c2ccnn2c2ccc(C(=O)NCCCN3CCCC3)cc21. The van der Waals surface area contributed by atoms with Gasteiger partial charge in [0.2, 0.25) is 0 Å². The predicted molar refractivity (Wildman–Crippen MR) is 101 cm³/mol. The molecular weight excluding hydrogens is 330 g/mol. The lowest BCUT2D eigenvalue weighted by molar-refractivity contribution is 0.0952. The van der Waals surface area contributed by atoms with E-state index in [2.05, 4.69) is 15.3 Å². The monoisotopic (exact) mass is 353 g/mol. The molecule has 1 fully saturated rings. The van der Waals surface area contributed by atoms with Crippen molar-refractivity contribution in [3.63, 3.8) is 0 Å². The molecule has 4 rings (SSSR count). The number of nitrogens with one attached hydrogen (secondary N) is 1. The first-order chi connectivity index (χ1) is 12.6. The van der Waals surface area contributed by atoms with E-state index in [-0.39, 0.29) is 11.5 Å². The van der Waals surface area contributed by atoms with Gasteiger partial charge in [-0.3, -0.25) is 9.59 Å². The molecule has 0 bridgehead atoms. The van der Waals surface area contributed by atoms with E-state index in [0.29, 0.717) is 23.1 Å². The van der Waals surface area contributed by atoms with Crippen molar-refractivity contribution in [2.75, 3.05) is 26.2 Å². The lowest BCUT2D eigenvalue weighted by Crippen LogP contribution is -2.28. The van der Waals surface area contributed by atoms with Crippen LogP contribution in [0.4, 0.5) is 0 Å². The van der Waals surface area contributed by atoms with Crippen LogP contribution < -0.4 is 10.9 Å². The van der Waals surface area contributed by atoms with E-state index in [9.17, 15) is 9.59 Å². The van der Waals surface area contributed by atoms with Crippen molar-refractivity contribution in [1.29, 1.82) is 0 Å². The highest BCUT2D eigenvalue weighted by molar-refractivity contribution is 5.97. The van der Waals surface area contributed by atoms with Crippen LogP contribution >= 0.6 is 0 Å². The molecule has 3 aromatic rings. The third kappa shape index (κ3) is 2.99. The van der Waals surface area contributed by atoms with Crippen molar-refractivity contribution in [1.82, 2.24) is 24.4 Å². The molecule has 0 aliphatic carbocycles. The van der Waals surface area contributed by atoms with Gasteiger partial charge in [0.05, 0.1) is 17.2 Å². The summed E-state index contributed by atoms with van der Waals surface area (Å²) in [6, 6.07) is 7.08. The quantitative estimate of drug-likeness (QED) is 0.704. The number of likely N-dealkylation sites (tertiary alicyclic amines) is 1. The van der Waals surface area contributed by atoms with Crippen LogP contribution in [0.1, 0.15) is 29.6 Å². The molecule has 7 nitrogen and oxygen atoms in total. The molecule has 7 heteroatoms. The Balaban J connectivity index is 1.51. The first-order valence-corrected chi connectivity index (χ1v) is 9.12. The zero-order valence-corrected chi connectivity index (χ0v) is 14.9. The Bertz CT molecular complexity index is 1010. The molecule has 1 aliphatic heterocycles. The van der Waals surface area contributed by atoms with E-state index in [1.165, 1.54) is 25.9 Å². The summed E-state index contributed by atoms with van der Waals surface area (Å²) in [6.07, 6.45) is 5.13. The highest BCUT2D eigenvalue weighted by atomic mass is 16.1. The molecule has 0 spiro atoms. The maximum Gasteiger partial charge on any atom is 0.276 e. The van der Waals surface area contributed by atoms with Gasteiger partial charge >= 0.3 is 0 Å². The molecule has 2 aromatic heterocycles. The summed E-state index contributed by atoms with van der Waals surface area (Å²) in [5.41, 5.74) is 2.45. The molecule has 0 atom stereocenters. The molecule has 1 amide bonds. The third-order valence-electron chi connectivity index (χ3n) is 5.13. The van der Waals surface area contributed by atoms with E-state index in [1.807, 2.05) is 6.07 Å². The van der Waals surface area contributed by atoms with Gasteiger partial charge in [-0.2, -0.15) is 5.10 Å². The van der Waals surface area contributed by atoms with Gasteiger partial charge < -0.3 is 14.8 Å². The number of amides is 1. The summed E-state index contributed by atoms with van der Waals surface area (Å²) < 4.78 is 3.19. The Morgan fingerprint density at radius 3 is 2.77 bits per heavy atom. The number of carbonyl (C=O) groups is 1. The topological polar surface area (TPSA) is 71.6 Å². The smallest absolute Gasteiger partial charge is 0.276 e. The molecule has 0 saturated carbocycles. The number of benzene rings is 1. The summed E-state index contributed by atoms with van der Waals surface area (Å²) in [6.45, 7) is 4.04. The summed E-state index contributed by atoms with van der Waals surface area (Å²) in [5.74, 6) is -0.110. The van der Waals surface area contributed by atoms with Crippen molar-refractivity contribution in [2.45, 2.75) is 19.3 Å². The molecule has 3 heterocycles. The summed E-state index contributed by atoms with van der Waals surface area (Å²) in [7, 11) is 1.72. The second kappa shape index (κ2) is 6.92. The first-order valence-electron chi connectivity index (χ1n) is 9.12. The van der Waals surface area contributed by atoms with Gasteiger partial charge in [-0.25, -0.2) is 4.52 Å². The Morgan fingerprint density at radius 1 is 1.15 bits per heavy atom. The number of rotatable bonds is 5. The molecule has 1 N–H and O–H groups in total. The lowest BCUT2D eigenvalue weighted by atomic mass is 10.1. The molecule has 1 saturated heterocycles. The average Bonchev–Trinajstić information content (AvgIpc) is 3.34. The number of fused-ring (bicyclic) bond motifs is 3. The summed E-state index contributed by atoms with van der Waals surface area (Å²) in [4.78, 5) is 27.3. The second-order valence-electron chi connectivity index (χ2n) is 6.85. The van der Waals surface area contributed by atoms with E-state index in [1.54, 1.807) is 40.5 Å². The zero-order valence-electron chi connectivity index (χ0n) is 14.9. The van der Waals surface area contributed by atoms with Crippen LogP contribution in [0.2, 0.25) is 0 Å². The average molecular weight is 353 g/mol. The van der Waals surface area contributed by atoms with Crippen molar-refractivity contribution in [3.05, 3.63) is 46.4 Å². The number of aryl methyl sites for hydroxylation is 1.